The van der Waals surface area contributed by atoms with Crippen LogP contribution in [0.4, 0.5) is 0 Å². The molecule has 1 N–H and O–H groups in total. The molecule has 2 saturated carbocycles. The van der Waals surface area contributed by atoms with Gasteiger partial charge in [0.2, 0.25) is 0 Å². The average molecular weight is 282 g/mol. The van der Waals surface area contributed by atoms with Crippen LogP contribution in [0.25, 0.3) is 0 Å². The first-order chi connectivity index (χ1) is 9.19. The summed E-state index contributed by atoms with van der Waals surface area (Å²) in [5, 5.41) is 3.96. The van der Waals surface area contributed by atoms with Gasteiger partial charge in [0, 0.05) is 24.2 Å². The molecule has 3 heteroatoms. The molecule has 3 rings (SSSR count). The van der Waals surface area contributed by atoms with Gasteiger partial charge in [-0.2, -0.15) is 11.8 Å². The van der Waals surface area contributed by atoms with Crippen molar-refractivity contribution in [3.05, 3.63) is 0 Å². The maximum atomic E-state index is 3.96. The van der Waals surface area contributed by atoms with Crippen molar-refractivity contribution in [2.75, 3.05) is 31.6 Å². The fraction of sp³-hybridized carbons (Fsp3) is 1.00. The molecule has 110 valence electrons. The summed E-state index contributed by atoms with van der Waals surface area (Å²) in [4.78, 5) is 2.89. The Hall–Kier alpha value is 0.270. The summed E-state index contributed by atoms with van der Waals surface area (Å²) in [6, 6.07) is 0. The van der Waals surface area contributed by atoms with Gasteiger partial charge < -0.3 is 5.32 Å². The van der Waals surface area contributed by atoms with E-state index in [2.05, 4.69) is 23.4 Å². The molecule has 3 fully saturated rings. The third-order valence-corrected chi connectivity index (χ3v) is 6.50. The predicted octanol–water partition coefficient (Wildman–Crippen LogP) is 3.13. The molecule has 2 nitrogen and oxygen atoms in total. The lowest BCUT2D eigenvalue weighted by Crippen LogP contribution is -2.69. The summed E-state index contributed by atoms with van der Waals surface area (Å²) >= 11 is 2.00. The van der Waals surface area contributed by atoms with Gasteiger partial charge in [0.25, 0.3) is 0 Å². The van der Waals surface area contributed by atoms with Crippen LogP contribution in [-0.2, 0) is 0 Å². The van der Waals surface area contributed by atoms with Crippen LogP contribution in [0.15, 0.2) is 0 Å². The highest BCUT2D eigenvalue weighted by Crippen LogP contribution is 2.45. The van der Waals surface area contributed by atoms with Gasteiger partial charge >= 0.3 is 0 Å². The molecule has 0 bridgehead atoms. The molecule has 1 atom stereocenters. The van der Waals surface area contributed by atoms with E-state index in [0.29, 0.717) is 11.1 Å². The predicted molar refractivity (Wildman–Crippen MR) is 84.9 cm³/mol. The molecule has 0 aromatic carbocycles. The van der Waals surface area contributed by atoms with Crippen molar-refractivity contribution in [2.45, 2.75) is 62.9 Å². The maximum Gasteiger partial charge on any atom is 0.0334 e. The Kier molecular flexibility index (Phi) is 4.17. The summed E-state index contributed by atoms with van der Waals surface area (Å²) in [6.45, 7) is 6.35. The van der Waals surface area contributed by atoms with Gasteiger partial charge in [0.1, 0.15) is 0 Å². The van der Waals surface area contributed by atoms with Crippen LogP contribution >= 0.6 is 11.8 Å². The number of nitrogens with one attached hydrogen (secondary N) is 1. The van der Waals surface area contributed by atoms with Gasteiger partial charge in [-0.1, -0.05) is 12.8 Å². The third-order valence-electron chi connectivity index (χ3n) is 5.80. The number of piperazine rings is 1. The Morgan fingerprint density at radius 2 is 2.00 bits per heavy atom. The molecule has 1 aliphatic heterocycles. The van der Waals surface area contributed by atoms with Crippen molar-refractivity contribution in [2.24, 2.45) is 5.92 Å². The van der Waals surface area contributed by atoms with Crippen LogP contribution in [-0.4, -0.2) is 47.6 Å². The molecule has 0 amide bonds. The Morgan fingerprint density at radius 1 is 1.26 bits per heavy atom. The molecule has 0 aromatic heterocycles. The number of nitrogens with zero attached hydrogens (tertiary/aromatic N) is 1. The molecular formula is C16H30N2S. The fourth-order valence-corrected chi connectivity index (χ4v) is 4.75. The van der Waals surface area contributed by atoms with Crippen LogP contribution in [0, 0.1) is 5.92 Å². The number of hydrogen-bond acceptors (Lipinski definition) is 3. The van der Waals surface area contributed by atoms with Crippen molar-refractivity contribution in [3.63, 3.8) is 0 Å². The van der Waals surface area contributed by atoms with E-state index in [0.717, 1.165) is 5.92 Å². The van der Waals surface area contributed by atoms with E-state index in [1.165, 1.54) is 70.3 Å². The van der Waals surface area contributed by atoms with Crippen molar-refractivity contribution < 1.29 is 0 Å². The monoisotopic (exact) mass is 282 g/mol. The van der Waals surface area contributed by atoms with Crippen molar-refractivity contribution >= 4 is 11.8 Å². The van der Waals surface area contributed by atoms with Crippen LogP contribution in [0.3, 0.4) is 0 Å². The van der Waals surface area contributed by atoms with E-state index in [-0.39, 0.29) is 0 Å². The maximum absolute atomic E-state index is 3.96. The minimum absolute atomic E-state index is 0.410. The van der Waals surface area contributed by atoms with Crippen molar-refractivity contribution in [1.29, 1.82) is 0 Å². The Labute approximate surface area is 123 Å². The topological polar surface area (TPSA) is 15.3 Å². The first-order valence-corrected chi connectivity index (χ1v) is 9.57. The quantitative estimate of drug-likeness (QED) is 0.780. The van der Waals surface area contributed by atoms with Gasteiger partial charge in [-0.15, -0.1) is 0 Å². The van der Waals surface area contributed by atoms with Crippen LogP contribution < -0.4 is 5.32 Å². The zero-order valence-corrected chi connectivity index (χ0v) is 13.5. The first-order valence-electron chi connectivity index (χ1n) is 8.18. The van der Waals surface area contributed by atoms with E-state index in [1.807, 2.05) is 11.8 Å². The lowest BCUT2D eigenvalue weighted by Gasteiger charge is -2.53. The lowest BCUT2D eigenvalue weighted by atomic mass is 9.83. The summed E-state index contributed by atoms with van der Waals surface area (Å²) in [5.41, 5.74) is 0.931. The Bertz CT molecular complexity index is 310. The van der Waals surface area contributed by atoms with Gasteiger partial charge in [-0.25, -0.2) is 0 Å². The Balaban J connectivity index is 1.68. The highest BCUT2D eigenvalue weighted by atomic mass is 32.2. The smallest absolute Gasteiger partial charge is 0.0334 e. The molecule has 0 aromatic rings. The van der Waals surface area contributed by atoms with Crippen molar-refractivity contribution in [3.8, 4) is 0 Å². The molecule has 0 radical (unpaired) electrons. The second kappa shape index (κ2) is 5.57. The van der Waals surface area contributed by atoms with Crippen molar-refractivity contribution in [1.82, 2.24) is 10.2 Å². The van der Waals surface area contributed by atoms with Crippen LogP contribution in [0.5, 0.6) is 0 Å². The van der Waals surface area contributed by atoms with E-state index in [9.17, 15) is 0 Å². The standard InChI is InChI=1S/C16H30N2S/c1-15(14-6-7-14)13-18(10-5-11-19-2)16(12-17-15)8-3-4-9-16/h14,17H,3-13H2,1-2H3. The third kappa shape index (κ3) is 2.84. The van der Waals surface area contributed by atoms with Gasteiger partial charge in [0.15, 0.2) is 0 Å². The van der Waals surface area contributed by atoms with E-state index < -0.39 is 0 Å². The number of rotatable bonds is 5. The second-order valence-corrected chi connectivity index (χ2v) is 8.23. The van der Waals surface area contributed by atoms with Gasteiger partial charge in [-0.3, -0.25) is 4.90 Å². The zero-order valence-electron chi connectivity index (χ0n) is 12.7. The molecule has 1 unspecified atom stereocenters. The first kappa shape index (κ1) is 14.2. The number of thioether (sulfide) groups is 1. The largest absolute Gasteiger partial charge is 0.308 e. The molecule has 19 heavy (non-hydrogen) atoms. The molecular weight excluding hydrogens is 252 g/mol. The highest BCUT2D eigenvalue weighted by Gasteiger charge is 2.51. The SMILES string of the molecule is CSCCCN1CC(C)(C2CC2)NCC12CCCC2. The Morgan fingerprint density at radius 3 is 2.63 bits per heavy atom. The molecule has 1 saturated heterocycles. The highest BCUT2D eigenvalue weighted by molar-refractivity contribution is 7.98. The summed E-state index contributed by atoms with van der Waals surface area (Å²) in [6.07, 6.45) is 12.3. The molecule has 3 aliphatic rings. The van der Waals surface area contributed by atoms with E-state index in [1.54, 1.807) is 0 Å². The molecule has 1 spiro atoms. The average Bonchev–Trinajstić information content (AvgIpc) is 3.16. The lowest BCUT2D eigenvalue weighted by molar-refractivity contribution is 0.00612. The number of hydrogen-bond donors (Lipinski definition) is 1. The normalized spacial score (nSPS) is 35.1. The minimum atomic E-state index is 0.410. The van der Waals surface area contributed by atoms with Gasteiger partial charge in [0.05, 0.1) is 0 Å². The summed E-state index contributed by atoms with van der Waals surface area (Å²) in [7, 11) is 0. The zero-order chi connectivity index (χ0) is 13.3. The van der Waals surface area contributed by atoms with Crippen LogP contribution in [0.2, 0.25) is 0 Å². The second-order valence-electron chi connectivity index (χ2n) is 7.24. The molecule has 2 aliphatic carbocycles. The summed E-state index contributed by atoms with van der Waals surface area (Å²) in [5.74, 6) is 2.27. The van der Waals surface area contributed by atoms with E-state index >= 15 is 0 Å². The minimum Gasteiger partial charge on any atom is -0.308 e. The fourth-order valence-electron chi connectivity index (χ4n) is 4.33. The van der Waals surface area contributed by atoms with E-state index in [4.69, 9.17) is 0 Å². The molecule has 1 heterocycles. The summed E-state index contributed by atoms with van der Waals surface area (Å²) < 4.78 is 0. The van der Waals surface area contributed by atoms with Crippen LogP contribution in [0.1, 0.15) is 51.9 Å². The van der Waals surface area contributed by atoms with Gasteiger partial charge in [-0.05, 0) is 63.5 Å².